The smallest absolute Gasteiger partial charge is 0.340 e. The Labute approximate surface area is 114 Å². The lowest BCUT2D eigenvalue weighted by atomic mass is 10.1. The molecule has 5 nitrogen and oxygen atoms in total. The van der Waals surface area contributed by atoms with Crippen LogP contribution in [0, 0.1) is 0 Å². The second-order valence-electron chi connectivity index (χ2n) is 3.57. The lowest BCUT2D eigenvalue weighted by Crippen LogP contribution is -2.28. The highest BCUT2D eigenvalue weighted by atomic mass is 79.9. The van der Waals surface area contributed by atoms with Crippen molar-refractivity contribution in [1.29, 1.82) is 0 Å². The molecule has 0 saturated heterocycles. The zero-order chi connectivity index (χ0) is 13.7. The van der Waals surface area contributed by atoms with Gasteiger partial charge in [-0.3, -0.25) is 0 Å². The molecule has 1 rings (SSSR count). The number of carbonyl (C=O) groups is 2. The minimum atomic E-state index is -0.556. The van der Waals surface area contributed by atoms with Crippen LogP contribution in [0.25, 0.3) is 0 Å². The average Bonchev–Trinajstić information content (AvgIpc) is 2.38. The van der Waals surface area contributed by atoms with Crippen LogP contribution in [0.15, 0.2) is 22.7 Å². The molecule has 0 aliphatic carbocycles. The van der Waals surface area contributed by atoms with Gasteiger partial charge in [0.1, 0.15) is 6.04 Å². The Morgan fingerprint density at radius 1 is 1.28 bits per heavy atom. The van der Waals surface area contributed by atoms with Gasteiger partial charge < -0.3 is 14.8 Å². The molecular weight excluding hydrogens is 302 g/mol. The van der Waals surface area contributed by atoms with Crippen molar-refractivity contribution in [3.8, 4) is 0 Å². The fourth-order valence-corrected chi connectivity index (χ4v) is 1.75. The van der Waals surface area contributed by atoms with E-state index in [1.807, 2.05) is 0 Å². The largest absolute Gasteiger partial charge is 0.467 e. The zero-order valence-electron chi connectivity index (χ0n) is 10.3. The van der Waals surface area contributed by atoms with Gasteiger partial charge in [0.05, 0.1) is 19.8 Å². The summed E-state index contributed by atoms with van der Waals surface area (Å²) in [6.07, 6.45) is 0. The van der Waals surface area contributed by atoms with Crippen LogP contribution in [-0.4, -0.2) is 32.2 Å². The quantitative estimate of drug-likeness (QED) is 0.863. The number of hydrogen-bond donors (Lipinski definition) is 1. The van der Waals surface area contributed by atoms with Crippen molar-refractivity contribution >= 4 is 33.6 Å². The summed E-state index contributed by atoms with van der Waals surface area (Å²) in [5, 5.41) is 2.91. The van der Waals surface area contributed by atoms with E-state index in [9.17, 15) is 9.59 Å². The standard InChI is InChI=1S/C12H14BrNO4/c1-7(11(15)17-2)14-10-5-4-8(13)6-9(10)12(16)18-3/h4-7,14H,1-3H3/t7-/m0/s1. The third kappa shape index (κ3) is 3.46. The van der Waals surface area contributed by atoms with Crippen molar-refractivity contribution in [2.75, 3.05) is 19.5 Å². The van der Waals surface area contributed by atoms with Gasteiger partial charge in [0.2, 0.25) is 0 Å². The summed E-state index contributed by atoms with van der Waals surface area (Å²) in [4.78, 5) is 22.9. The summed E-state index contributed by atoms with van der Waals surface area (Å²) in [5.74, 6) is -0.885. The molecule has 0 heterocycles. The fraction of sp³-hybridized carbons (Fsp3) is 0.333. The number of rotatable bonds is 4. The number of anilines is 1. The highest BCUT2D eigenvalue weighted by Gasteiger charge is 2.17. The number of nitrogens with one attached hydrogen (secondary N) is 1. The Morgan fingerprint density at radius 3 is 2.50 bits per heavy atom. The molecule has 0 unspecified atom stereocenters. The second-order valence-corrected chi connectivity index (χ2v) is 4.49. The van der Waals surface area contributed by atoms with Crippen molar-refractivity contribution in [1.82, 2.24) is 0 Å². The first kappa shape index (κ1) is 14.5. The predicted octanol–water partition coefficient (Wildman–Crippen LogP) is 2.21. The lowest BCUT2D eigenvalue weighted by Gasteiger charge is -2.15. The molecule has 1 atom stereocenters. The summed E-state index contributed by atoms with van der Waals surface area (Å²) in [6.45, 7) is 1.65. The topological polar surface area (TPSA) is 64.6 Å². The minimum absolute atomic E-state index is 0.350. The van der Waals surface area contributed by atoms with Gasteiger partial charge in [-0.05, 0) is 25.1 Å². The SMILES string of the molecule is COC(=O)c1cc(Br)ccc1N[C@@H](C)C(=O)OC. The van der Waals surface area contributed by atoms with Crippen molar-refractivity contribution in [2.24, 2.45) is 0 Å². The molecule has 98 valence electrons. The van der Waals surface area contributed by atoms with Crippen molar-refractivity contribution in [3.63, 3.8) is 0 Å². The van der Waals surface area contributed by atoms with E-state index in [0.29, 0.717) is 11.3 Å². The summed E-state index contributed by atoms with van der Waals surface area (Å²) in [6, 6.07) is 4.52. The highest BCUT2D eigenvalue weighted by molar-refractivity contribution is 9.10. The van der Waals surface area contributed by atoms with Crippen molar-refractivity contribution < 1.29 is 19.1 Å². The van der Waals surface area contributed by atoms with Gasteiger partial charge in [-0.25, -0.2) is 9.59 Å². The monoisotopic (exact) mass is 315 g/mol. The van der Waals surface area contributed by atoms with E-state index in [1.54, 1.807) is 25.1 Å². The number of benzene rings is 1. The van der Waals surface area contributed by atoms with Crippen LogP contribution in [0.4, 0.5) is 5.69 Å². The fourth-order valence-electron chi connectivity index (χ4n) is 1.39. The maximum atomic E-state index is 11.6. The average molecular weight is 316 g/mol. The molecule has 18 heavy (non-hydrogen) atoms. The molecule has 0 amide bonds. The molecule has 1 aromatic rings. The first-order valence-electron chi connectivity index (χ1n) is 5.21. The number of esters is 2. The Morgan fingerprint density at radius 2 is 1.94 bits per heavy atom. The molecular formula is C12H14BrNO4. The summed E-state index contributed by atoms with van der Waals surface area (Å²) in [5.41, 5.74) is 0.866. The van der Waals surface area contributed by atoms with Gasteiger partial charge in [-0.1, -0.05) is 15.9 Å². The van der Waals surface area contributed by atoms with E-state index in [4.69, 9.17) is 0 Å². The summed E-state index contributed by atoms with van der Waals surface area (Å²) < 4.78 is 10.0. The minimum Gasteiger partial charge on any atom is -0.467 e. The van der Waals surface area contributed by atoms with Gasteiger partial charge in [0.15, 0.2) is 0 Å². The Bertz CT molecular complexity index is 461. The van der Waals surface area contributed by atoms with Gasteiger partial charge in [0.25, 0.3) is 0 Å². The Balaban J connectivity index is 3.01. The second kappa shape index (κ2) is 6.39. The third-order valence-corrected chi connectivity index (χ3v) is 2.81. The maximum Gasteiger partial charge on any atom is 0.340 e. The number of ether oxygens (including phenoxy) is 2. The third-order valence-electron chi connectivity index (χ3n) is 2.31. The molecule has 0 aliphatic heterocycles. The molecule has 0 saturated carbocycles. The summed E-state index contributed by atoms with van der Waals surface area (Å²) in [7, 11) is 2.61. The Kier molecular flexibility index (Phi) is 5.15. The van der Waals surface area contributed by atoms with Crippen LogP contribution >= 0.6 is 15.9 Å². The zero-order valence-corrected chi connectivity index (χ0v) is 11.9. The highest BCUT2D eigenvalue weighted by Crippen LogP contribution is 2.22. The molecule has 1 N–H and O–H groups in total. The molecule has 0 bridgehead atoms. The van der Waals surface area contributed by atoms with E-state index in [-0.39, 0.29) is 0 Å². The van der Waals surface area contributed by atoms with E-state index in [1.165, 1.54) is 14.2 Å². The van der Waals surface area contributed by atoms with Gasteiger partial charge >= 0.3 is 11.9 Å². The van der Waals surface area contributed by atoms with E-state index in [2.05, 4.69) is 30.7 Å². The van der Waals surface area contributed by atoms with Crippen LogP contribution in [0.2, 0.25) is 0 Å². The molecule has 0 aromatic heterocycles. The summed E-state index contributed by atoms with van der Waals surface area (Å²) >= 11 is 3.28. The predicted molar refractivity (Wildman–Crippen MR) is 70.6 cm³/mol. The van der Waals surface area contributed by atoms with E-state index < -0.39 is 18.0 Å². The van der Waals surface area contributed by atoms with Crippen LogP contribution in [0.1, 0.15) is 17.3 Å². The van der Waals surface area contributed by atoms with Crippen LogP contribution in [0.5, 0.6) is 0 Å². The molecule has 0 fully saturated rings. The maximum absolute atomic E-state index is 11.6. The van der Waals surface area contributed by atoms with Gasteiger partial charge in [-0.15, -0.1) is 0 Å². The molecule has 6 heteroatoms. The number of hydrogen-bond acceptors (Lipinski definition) is 5. The Hall–Kier alpha value is -1.56. The molecule has 0 radical (unpaired) electrons. The normalized spacial score (nSPS) is 11.6. The van der Waals surface area contributed by atoms with Crippen molar-refractivity contribution in [3.05, 3.63) is 28.2 Å². The molecule has 0 spiro atoms. The van der Waals surface area contributed by atoms with Crippen LogP contribution < -0.4 is 5.32 Å². The lowest BCUT2D eigenvalue weighted by molar-refractivity contribution is -0.141. The van der Waals surface area contributed by atoms with Crippen LogP contribution in [-0.2, 0) is 14.3 Å². The number of methoxy groups -OCH3 is 2. The first-order chi connectivity index (χ1) is 8.49. The van der Waals surface area contributed by atoms with E-state index in [0.717, 1.165) is 4.47 Å². The van der Waals surface area contributed by atoms with Gasteiger partial charge in [-0.2, -0.15) is 0 Å². The first-order valence-corrected chi connectivity index (χ1v) is 6.01. The van der Waals surface area contributed by atoms with Gasteiger partial charge in [0, 0.05) is 10.2 Å². The molecule has 0 aliphatic rings. The van der Waals surface area contributed by atoms with Crippen LogP contribution in [0.3, 0.4) is 0 Å². The number of halogens is 1. The number of carbonyl (C=O) groups excluding carboxylic acids is 2. The van der Waals surface area contributed by atoms with E-state index >= 15 is 0 Å². The van der Waals surface area contributed by atoms with Crippen molar-refractivity contribution in [2.45, 2.75) is 13.0 Å². The molecule has 1 aromatic carbocycles.